The van der Waals surface area contributed by atoms with Crippen LogP contribution in [0.1, 0.15) is 13.8 Å². The Hall–Kier alpha value is -0.120. The molecule has 1 fully saturated rings. The summed E-state index contributed by atoms with van der Waals surface area (Å²) in [6.07, 6.45) is 0.236. The average molecular weight is 159 g/mol. The summed E-state index contributed by atoms with van der Waals surface area (Å²) < 4.78 is 11.0. The van der Waals surface area contributed by atoms with Crippen molar-refractivity contribution in [1.29, 1.82) is 0 Å². The summed E-state index contributed by atoms with van der Waals surface area (Å²) in [5.74, 6) is -0.374. The molecule has 3 heteroatoms. The summed E-state index contributed by atoms with van der Waals surface area (Å²) in [7, 11) is 4.07. The van der Waals surface area contributed by atoms with Crippen molar-refractivity contribution >= 4 is 0 Å². The second-order valence-corrected chi connectivity index (χ2v) is 3.71. The molecule has 0 aromatic carbocycles. The maximum atomic E-state index is 5.60. The van der Waals surface area contributed by atoms with Crippen molar-refractivity contribution in [2.45, 2.75) is 25.7 Å². The molecule has 1 heterocycles. The van der Waals surface area contributed by atoms with Gasteiger partial charge in [-0.3, -0.25) is 0 Å². The number of rotatable bonds is 2. The second-order valence-electron chi connectivity index (χ2n) is 3.71. The zero-order valence-electron chi connectivity index (χ0n) is 7.76. The van der Waals surface area contributed by atoms with Crippen LogP contribution in [0.15, 0.2) is 0 Å². The largest absolute Gasteiger partial charge is 0.348 e. The lowest BCUT2D eigenvalue weighted by atomic mass is 10.3. The molecule has 1 unspecified atom stereocenters. The normalized spacial score (nSPS) is 29.7. The molecule has 0 spiro atoms. The van der Waals surface area contributed by atoms with Crippen molar-refractivity contribution in [3.63, 3.8) is 0 Å². The van der Waals surface area contributed by atoms with Crippen LogP contribution in [-0.2, 0) is 9.47 Å². The van der Waals surface area contributed by atoms with Crippen LogP contribution >= 0.6 is 0 Å². The minimum absolute atomic E-state index is 0.236. The number of hydrogen-bond acceptors (Lipinski definition) is 3. The minimum atomic E-state index is -0.374. The molecule has 0 radical (unpaired) electrons. The molecular weight excluding hydrogens is 142 g/mol. The van der Waals surface area contributed by atoms with Crippen molar-refractivity contribution in [3.8, 4) is 0 Å². The molecule has 1 saturated heterocycles. The Balaban J connectivity index is 2.31. The first-order valence-corrected chi connectivity index (χ1v) is 3.96. The molecule has 1 atom stereocenters. The molecule has 0 saturated carbocycles. The Kier molecular flexibility index (Phi) is 2.52. The maximum Gasteiger partial charge on any atom is 0.163 e. The van der Waals surface area contributed by atoms with Crippen LogP contribution in [0.4, 0.5) is 0 Å². The Labute approximate surface area is 68.3 Å². The van der Waals surface area contributed by atoms with Gasteiger partial charge < -0.3 is 14.4 Å². The van der Waals surface area contributed by atoms with E-state index < -0.39 is 0 Å². The van der Waals surface area contributed by atoms with Gasteiger partial charge in [0.2, 0.25) is 0 Å². The molecule has 0 bridgehead atoms. The van der Waals surface area contributed by atoms with E-state index >= 15 is 0 Å². The maximum absolute atomic E-state index is 5.60. The first-order valence-electron chi connectivity index (χ1n) is 3.96. The van der Waals surface area contributed by atoms with E-state index in [0.717, 1.165) is 6.54 Å². The number of ether oxygens (including phenoxy) is 2. The Morgan fingerprint density at radius 1 is 1.45 bits per heavy atom. The molecule has 0 aromatic heterocycles. The number of likely N-dealkylation sites (N-methyl/N-ethyl adjacent to an activating group) is 1. The van der Waals surface area contributed by atoms with Crippen LogP contribution in [0, 0.1) is 0 Å². The van der Waals surface area contributed by atoms with Gasteiger partial charge in [0.1, 0.15) is 0 Å². The lowest BCUT2D eigenvalue weighted by Gasteiger charge is -2.18. The lowest BCUT2D eigenvalue weighted by Crippen LogP contribution is -2.29. The Morgan fingerprint density at radius 2 is 2.09 bits per heavy atom. The van der Waals surface area contributed by atoms with E-state index in [9.17, 15) is 0 Å². The molecule has 1 rings (SSSR count). The van der Waals surface area contributed by atoms with E-state index in [1.165, 1.54) is 0 Å². The Bertz CT molecular complexity index is 134. The summed E-state index contributed by atoms with van der Waals surface area (Å²) in [4.78, 5) is 2.11. The zero-order chi connectivity index (χ0) is 8.48. The van der Waals surface area contributed by atoms with Crippen LogP contribution in [0.5, 0.6) is 0 Å². The predicted molar refractivity (Wildman–Crippen MR) is 43.5 cm³/mol. The van der Waals surface area contributed by atoms with Gasteiger partial charge in [0, 0.05) is 6.54 Å². The van der Waals surface area contributed by atoms with Gasteiger partial charge in [-0.15, -0.1) is 0 Å². The summed E-state index contributed by atoms with van der Waals surface area (Å²) in [6, 6.07) is 0. The van der Waals surface area contributed by atoms with Crippen LogP contribution in [0.2, 0.25) is 0 Å². The van der Waals surface area contributed by atoms with Crippen LogP contribution < -0.4 is 0 Å². The van der Waals surface area contributed by atoms with Crippen molar-refractivity contribution in [2.75, 3.05) is 27.2 Å². The summed E-state index contributed by atoms with van der Waals surface area (Å²) >= 11 is 0. The highest BCUT2D eigenvalue weighted by Gasteiger charge is 2.32. The highest BCUT2D eigenvalue weighted by atomic mass is 16.7. The second kappa shape index (κ2) is 3.09. The van der Waals surface area contributed by atoms with E-state index in [1.807, 2.05) is 27.9 Å². The van der Waals surface area contributed by atoms with Crippen molar-refractivity contribution in [3.05, 3.63) is 0 Å². The van der Waals surface area contributed by atoms with Gasteiger partial charge in [-0.05, 0) is 27.9 Å². The van der Waals surface area contributed by atoms with Crippen molar-refractivity contribution < 1.29 is 9.47 Å². The molecule has 11 heavy (non-hydrogen) atoms. The van der Waals surface area contributed by atoms with Crippen molar-refractivity contribution in [2.24, 2.45) is 0 Å². The lowest BCUT2D eigenvalue weighted by molar-refractivity contribution is -0.139. The zero-order valence-corrected chi connectivity index (χ0v) is 7.76. The molecule has 0 N–H and O–H groups in total. The number of hydrogen-bond donors (Lipinski definition) is 0. The SMILES string of the molecule is CN(C)CC1COC(C)(C)O1. The van der Waals surface area contributed by atoms with Gasteiger partial charge in [-0.25, -0.2) is 0 Å². The van der Waals surface area contributed by atoms with Crippen LogP contribution in [0.25, 0.3) is 0 Å². The quantitative estimate of drug-likeness (QED) is 0.592. The third-order valence-electron chi connectivity index (χ3n) is 1.64. The molecule has 1 aliphatic rings. The molecule has 1 aliphatic heterocycles. The van der Waals surface area contributed by atoms with Gasteiger partial charge in [-0.2, -0.15) is 0 Å². The first-order chi connectivity index (χ1) is 4.99. The monoisotopic (exact) mass is 159 g/mol. The fourth-order valence-corrected chi connectivity index (χ4v) is 1.26. The van der Waals surface area contributed by atoms with E-state index in [1.54, 1.807) is 0 Å². The molecule has 0 aliphatic carbocycles. The smallest absolute Gasteiger partial charge is 0.163 e. The summed E-state index contributed by atoms with van der Waals surface area (Å²) in [5, 5.41) is 0. The van der Waals surface area contributed by atoms with E-state index in [4.69, 9.17) is 9.47 Å². The molecule has 0 aromatic rings. The summed E-state index contributed by atoms with van der Waals surface area (Å²) in [5.41, 5.74) is 0. The fourth-order valence-electron chi connectivity index (χ4n) is 1.26. The van der Waals surface area contributed by atoms with Gasteiger partial charge in [0.05, 0.1) is 12.7 Å². The average Bonchev–Trinajstić information content (AvgIpc) is 2.08. The van der Waals surface area contributed by atoms with Gasteiger partial charge in [0.25, 0.3) is 0 Å². The highest BCUT2D eigenvalue weighted by Crippen LogP contribution is 2.22. The third-order valence-corrected chi connectivity index (χ3v) is 1.64. The van der Waals surface area contributed by atoms with Crippen molar-refractivity contribution in [1.82, 2.24) is 4.90 Å². The third kappa shape index (κ3) is 2.77. The minimum Gasteiger partial charge on any atom is -0.348 e. The first kappa shape index (κ1) is 8.97. The van der Waals surface area contributed by atoms with Crippen LogP contribution in [0.3, 0.4) is 0 Å². The predicted octanol–water partition coefficient (Wildman–Crippen LogP) is 0.699. The topological polar surface area (TPSA) is 21.7 Å². The van der Waals surface area contributed by atoms with Gasteiger partial charge >= 0.3 is 0 Å². The molecule has 66 valence electrons. The molecule has 3 nitrogen and oxygen atoms in total. The molecular formula is C8H17NO2. The standard InChI is InChI=1S/C8H17NO2/c1-8(2)10-6-7(11-8)5-9(3)4/h7H,5-6H2,1-4H3. The Morgan fingerprint density at radius 3 is 2.45 bits per heavy atom. The van der Waals surface area contributed by atoms with E-state index in [2.05, 4.69) is 4.90 Å². The van der Waals surface area contributed by atoms with E-state index in [-0.39, 0.29) is 11.9 Å². The van der Waals surface area contributed by atoms with Gasteiger partial charge in [-0.1, -0.05) is 0 Å². The van der Waals surface area contributed by atoms with Gasteiger partial charge in [0.15, 0.2) is 5.79 Å². The van der Waals surface area contributed by atoms with Crippen LogP contribution in [-0.4, -0.2) is 44.0 Å². The highest BCUT2D eigenvalue weighted by molar-refractivity contribution is 4.72. The number of nitrogens with zero attached hydrogens (tertiary/aromatic N) is 1. The van der Waals surface area contributed by atoms with E-state index in [0.29, 0.717) is 6.61 Å². The molecule has 0 amide bonds. The fraction of sp³-hybridized carbons (Fsp3) is 1.00. The summed E-state index contributed by atoms with van der Waals surface area (Å²) in [6.45, 7) is 5.54.